The number of carbonyl (C=O) groups is 1. The number of hydrogen-bond acceptors (Lipinski definition) is 3. The number of carboxylic acids is 1. The highest BCUT2D eigenvalue weighted by molar-refractivity contribution is 5.80. The van der Waals surface area contributed by atoms with Gasteiger partial charge in [0.2, 0.25) is 0 Å². The van der Waals surface area contributed by atoms with Crippen LogP contribution >= 0.6 is 0 Å². The van der Waals surface area contributed by atoms with Gasteiger partial charge in [-0.15, -0.1) is 0 Å². The number of rotatable bonds is 6. The molecule has 0 aliphatic heterocycles. The van der Waals surface area contributed by atoms with Crippen LogP contribution < -0.4 is 5.32 Å². The van der Waals surface area contributed by atoms with Crippen LogP contribution in [0.15, 0.2) is 36.4 Å². The van der Waals surface area contributed by atoms with Crippen molar-refractivity contribution in [2.24, 2.45) is 5.92 Å². The molecule has 19 heavy (non-hydrogen) atoms. The summed E-state index contributed by atoms with van der Waals surface area (Å²) in [5.41, 5.74) is 0.912. The van der Waals surface area contributed by atoms with Crippen molar-refractivity contribution in [2.45, 2.75) is 19.8 Å². The molecule has 1 aromatic heterocycles. The zero-order valence-electron chi connectivity index (χ0n) is 11.0. The van der Waals surface area contributed by atoms with Crippen molar-refractivity contribution in [1.82, 2.24) is 4.98 Å². The largest absolute Gasteiger partial charge is 0.481 e. The molecule has 0 aliphatic carbocycles. The first-order valence-electron chi connectivity index (χ1n) is 6.53. The molecule has 2 N–H and O–H groups in total. The van der Waals surface area contributed by atoms with E-state index in [2.05, 4.69) is 10.3 Å². The molecular formula is C15H18N2O2. The first kappa shape index (κ1) is 13.3. The third-order valence-electron chi connectivity index (χ3n) is 3.11. The SMILES string of the molecule is CCCC(CNc1ccc2ccccc2n1)C(=O)O. The Kier molecular flexibility index (Phi) is 4.34. The first-order chi connectivity index (χ1) is 9.20. The highest BCUT2D eigenvalue weighted by atomic mass is 16.4. The second-order valence-electron chi connectivity index (χ2n) is 4.59. The molecule has 0 aliphatic rings. The number of fused-ring (bicyclic) bond motifs is 1. The van der Waals surface area contributed by atoms with Crippen LogP contribution in [0.3, 0.4) is 0 Å². The summed E-state index contributed by atoms with van der Waals surface area (Å²) in [5.74, 6) is -0.394. The normalized spacial score (nSPS) is 12.3. The summed E-state index contributed by atoms with van der Waals surface area (Å²) in [6.45, 7) is 2.40. The summed E-state index contributed by atoms with van der Waals surface area (Å²) in [6, 6.07) is 11.7. The first-order valence-corrected chi connectivity index (χ1v) is 6.53. The van der Waals surface area contributed by atoms with Gasteiger partial charge in [0.15, 0.2) is 0 Å². The Bertz CT molecular complexity index is 569. The average Bonchev–Trinajstić information content (AvgIpc) is 2.43. The summed E-state index contributed by atoms with van der Waals surface area (Å²) in [7, 11) is 0. The van der Waals surface area contributed by atoms with E-state index in [1.165, 1.54) is 0 Å². The Balaban J connectivity index is 2.06. The number of anilines is 1. The van der Waals surface area contributed by atoms with Gasteiger partial charge in [0, 0.05) is 11.9 Å². The molecule has 2 aromatic rings. The third-order valence-corrected chi connectivity index (χ3v) is 3.11. The van der Waals surface area contributed by atoms with Gasteiger partial charge in [-0.2, -0.15) is 0 Å². The quantitative estimate of drug-likeness (QED) is 0.835. The minimum absolute atomic E-state index is 0.363. The van der Waals surface area contributed by atoms with Gasteiger partial charge in [0.1, 0.15) is 5.82 Å². The highest BCUT2D eigenvalue weighted by Crippen LogP contribution is 2.15. The summed E-state index contributed by atoms with van der Waals surface area (Å²) in [4.78, 5) is 15.5. The van der Waals surface area contributed by atoms with Crippen molar-refractivity contribution < 1.29 is 9.90 Å². The van der Waals surface area contributed by atoms with E-state index in [9.17, 15) is 4.79 Å². The Labute approximate surface area is 112 Å². The monoisotopic (exact) mass is 258 g/mol. The van der Waals surface area contributed by atoms with Crippen molar-refractivity contribution in [2.75, 3.05) is 11.9 Å². The lowest BCUT2D eigenvalue weighted by atomic mass is 10.0. The van der Waals surface area contributed by atoms with Crippen LogP contribution in [0, 0.1) is 5.92 Å². The second kappa shape index (κ2) is 6.18. The number of para-hydroxylation sites is 1. The third kappa shape index (κ3) is 3.44. The summed E-state index contributed by atoms with van der Waals surface area (Å²) in [5, 5.41) is 13.3. The van der Waals surface area contributed by atoms with E-state index in [-0.39, 0.29) is 5.92 Å². The van der Waals surface area contributed by atoms with Crippen LogP contribution in [-0.2, 0) is 4.79 Å². The Morgan fingerprint density at radius 2 is 2.11 bits per heavy atom. The van der Waals surface area contributed by atoms with Gasteiger partial charge in [-0.25, -0.2) is 4.98 Å². The molecule has 1 heterocycles. The predicted octanol–water partition coefficient (Wildman–Crippen LogP) is 3.15. The van der Waals surface area contributed by atoms with Crippen LogP contribution in [0.1, 0.15) is 19.8 Å². The Morgan fingerprint density at radius 1 is 1.32 bits per heavy atom. The number of nitrogens with zero attached hydrogens (tertiary/aromatic N) is 1. The molecule has 0 amide bonds. The van der Waals surface area contributed by atoms with Gasteiger partial charge in [-0.1, -0.05) is 31.5 Å². The number of aromatic nitrogens is 1. The number of nitrogens with one attached hydrogen (secondary N) is 1. The molecule has 2 rings (SSSR count). The topological polar surface area (TPSA) is 62.2 Å². The van der Waals surface area contributed by atoms with Crippen LogP contribution in [0.2, 0.25) is 0 Å². The fourth-order valence-electron chi connectivity index (χ4n) is 2.05. The number of hydrogen-bond donors (Lipinski definition) is 2. The van der Waals surface area contributed by atoms with Gasteiger partial charge >= 0.3 is 5.97 Å². The molecule has 4 nitrogen and oxygen atoms in total. The van der Waals surface area contributed by atoms with E-state index < -0.39 is 5.97 Å². The lowest BCUT2D eigenvalue weighted by Crippen LogP contribution is -2.23. The molecule has 0 fully saturated rings. The molecular weight excluding hydrogens is 240 g/mol. The maximum atomic E-state index is 11.1. The molecule has 0 bridgehead atoms. The number of aliphatic carboxylic acids is 1. The van der Waals surface area contributed by atoms with Crippen LogP contribution in [-0.4, -0.2) is 22.6 Å². The molecule has 1 unspecified atom stereocenters. The Hall–Kier alpha value is -2.10. The lowest BCUT2D eigenvalue weighted by molar-refractivity contribution is -0.141. The molecule has 1 atom stereocenters. The van der Waals surface area contributed by atoms with Gasteiger partial charge in [0.05, 0.1) is 11.4 Å². The minimum Gasteiger partial charge on any atom is -0.481 e. The standard InChI is InChI=1S/C15H18N2O2/c1-2-5-12(15(18)19)10-16-14-9-8-11-6-3-4-7-13(11)17-14/h3-4,6-9,12H,2,5,10H2,1H3,(H,16,17)(H,18,19). The van der Waals surface area contributed by atoms with E-state index in [0.29, 0.717) is 13.0 Å². The average molecular weight is 258 g/mol. The maximum absolute atomic E-state index is 11.1. The molecule has 0 spiro atoms. The molecule has 0 saturated carbocycles. The van der Waals surface area contributed by atoms with E-state index in [1.807, 2.05) is 43.3 Å². The fraction of sp³-hybridized carbons (Fsp3) is 0.333. The van der Waals surface area contributed by atoms with E-state index >= 15 is 0 Å². The van der Waals surface area contributed by atoms with Crippen LogP contribution in [0.5, 0.6) is 0 Å². The van der Waals surface area contributed by atoms with Crippen molar-refractivity contribution in [1.29, 1.82) is 0 Å². The summed E-state index contributed by atoms with van der Waals surface area (Å²) >= 11 is 0. The van der Waals surface area contributed by atoms with E-state index in [0.717, 1.165) is 23.1 Å². The van der Waals surface area contributed by atoms with Crippen molar-refractivity contribution >= 4 is 22.7 Å². The second-order valence-corrected chi connectivity index (χ2v) is 4.59. The van der Waals surface area contributed by atoms with E-state index in [1.54, 1.807) is 0 Å². The Morgan fingerprint density at radius 3 is 2.84 bits per heavy atom. The van der Waals surface area contributed by atoms with E-state index in [4.69, 9.17) is 5.11 Å². The van der Waals surface area contributed by atoms with Crippen LogP contribution in [0.25, 0.3) is 10.9 Å². The smallest absolute Gasteiger partial charge is 0.308 e. The van der Waals surface area contributed by atoms with Gasteiger partial charge in [0.25, 0.3) is 0 Å². The van der Waals surface area contributed by atoms with Crippen molar-refractivity contribution in [3.8, 4) is 0 Å². The summed E-state index contributed by atoms with van der Waals surface area (Å²) < 4.78 is 0. The predicted molar refractivity (Wildman–Crippen MR) is 76.3 cm³/mol. The molecule has 0 radical (unpaired) electrons. The molecule has 0 saturated heterocycles. The zero-order valence-corrected chi connectivity index (χ0v) is 11.0. The van der Waals surface area contributed by atoms with Crippen molar-refractivity contribution in [3.63, 3.8) is 0 Å². The van der Waals surface area contributed by atoms with Gasteiger partial charge < -0.3 is 10.4 Å². The maximum Gasteiger partial charge on any atom is 0.308 e. The summed E-state index contributed by atoms with van der Waals surface area (Å²) in [6.07, 6.45) is 1.54. The molecule has 100 valence electrons. The lowest BCUT2D eigenvalue weighted by Gasteiger charge is -2.13. The van der Waals surface area contributed by atoms with Crippen LogP contribution in [0.4, 0.5) is 5.82 Å². The highest BCUT2D eigenvalue weighted by Gasteiger charge is 2.15. The van der Waals surface area contributed by atoms with Gasteiger partial charge in [-0.05, 0) is 24.6 Å². The fourth-order valence-corrected chi connectivity index (χ4v) is 2.05. The molecule has 4 heteroatoms. The zero-order chi connectivity index (χ0) is 13.7. The number of carboxylic acid groups (broad SMARTS) is 1. The number of pyridine rings is 1. The van der Waals surface area contributed by atoms with Gasteiger partial charge in [-0.3, -0.25) is 4.79 Å². The number of benzene rings is 1. The molecule has 1 aromatic carbocycles. The van der Waals surface area contributed by atoms with Crippen molar-refractivity contribution in [3.05, 3.63) is 36.4 Å². The minimum atomic E-state index is -0.755.